The molecule has 9 nitrogen and oxygen atoms in total. The first-order valence-electron chi connectivity index (χ1n) is 11.7. The Morgan fingerprint density at radius 3 is 2.53 bits per heavy atom. The van der Waals surface area contributed by atoms with Crippen molar-refractivity contribution in [3.05, 3.63) is 11.8 Å². The Balaban J connectivity index is 1.41. The average molecular weight is 466 g/mol. The molecule has 4 rings (SSSR count). The number of carbonyl (C=O) groups excluding carboxylic acids is 2. The molecule has 3 fully saturated rings. The van der Waals surface area contributed by atoms with Gasteiger partial charge in [0.25, 0.3) is 0 Å². The van der Waals surface area contributed by atoms with Crippen LogP contribution in [0.1, 0.15) is 64.7 Å². The van der Waals surface area contributed by atoms with Gasteiger partial charge in [-0.2, -0.15) is 0 Å². The van der Waals surface area contributed by atoms with Crippen molar-refractivity contribution in [3.63, 3.8) is 0 Å². The van der Waals surface area contributed by atoms with Crippen LogP contribution in [0.5, 0.6) is 0 Å². The quantitative estimate of drug-likeness (QED) is 0.670. The summed E-state index contributed by atoms with van der Waals surface area (Å²) in [6.07, 6.45) is 2.90. The van der Waals surface area contributed by atoms with Crippen LogP contribution < -0.4 is 0 Å². The lowest BCUT2D eigenvalue weighted by Crippen LogP contribution is -2.48. The number of hydrogen-bond acceptors (Lipinski definition) is 8. The Labute approximate surface area is 194 Å². The number of rotatable bonds is 4. The van der Waals surface area contributed by atoms with Crippen LogP contribution in [-0.4, -0.2) is 92.4 Å². The van der Waals surface area contributed by atoms with Gasteiger partial charge in [-0.25, -0.2) is 4.79 Å². The Bertz CT molecular complexity index is 811. The van der Waals surface area contributed by atoms with Crippen LogP contribution in [0.2, 0.25) is 0 Å². The predicted octanol–water partition coefficient (Wildman–Crippen LogP) is 2.72. The highest BCUT2D eigenvalue weighted by molar-refractivity contribution is 7.99. The Kier molecular flexibility index (Phi) is 7.00. The summed E-state index contributed by atoms with van der Waals surface area (Å²) in [6.45, 7) is 10.6. The molecule has 0 aromatic carbocycles. The van der Waals surface area contributed by atoms with Crippen molar-refractivity contribution in [2.45, 2.75) is 77.0 Å². The minimum Gasteiger partial charge on any atom is -0.444 e. The van der Waals surface area contributed by atoms with Gasteiger partial charge >= 0.3 is 6.09 Å². The Hall–Kier alpha value is -1.81. The topological polar surface area (TPSA) is 92.0 Å². The molecule has 0 saturated carbocycles. The highest BCUT2D eigenvalue weighted by Crippen LogP contribution is 2.33. The summed E-state index contributed by atoms with van der Waals surface area (Å²) >= 11 is 1.76. The molecular formula is C22H35N5O4S. The van der Waals surface area contributed by atoms with E-state index in [0.717, 1.165) is 50.5 Å². The van der Waals surface area contributed by atoms with Gasteiger partial charge < -0.3 is 14.1 Å². The molecule has 10 heteroatoms. The fourth-order valence-electron chi connectivity index (χ4n) is 4.72. The maximum absolute atomic E-state index is 13.2. The molecule has 2 amide bonds. The van der Waals surface area contributed by atoms with Crippen LogP contribution in [0, 0.1) is 0 Å². The van der Waals surface area contributed by atoms with E-state index in [-0.39, 0.29) is 17.9 Å². The fourth-order valence-corrected chi connectivity index (χ4v) is 5.67. The first-order valence-corrected chi connectivity index (χ1v) is 12.8. The molecule has 4 heterocycles. The van der Waals surface area contributed by atoms with Gasteiger partial charge in [0, 0.05) is 37.2 Å². The summed E-state index contributed by atoms with van der Waals surface area (Å²) in [5, 5.41) is 8.32. The largest absolute Gasteiger partial charge is 0.444 e. The second kappa shape index (κ2) is 9.59. The molecule has 0 aliphatic carbocycles. The van der Waals surface area contributed by atoms with Crippen molar-refractivity contribution in [2.24, 2.45) is 0 Å². The van der Waals surface area contributed by atoms with Gasteiger partial charge in [0.15, 0.2) is 0 Å². The first-order chi connectivity index (χ1) is 15.2. The zero-order valence-electron chi connectivity index (χ0n) is 19.6. The molecular weight excluding hydrogens is 430 g/mol. The van der Waals surface area contributed by atoms with Crippen molar-refractivity contribution in [2.75, 3.05) is 37.8 Å². The van der Waals surface area contributed by atoms with Crippen molar-refractivity contribution < 1.29 is 18.7 Å². The molecule has 32 heavy (non-hydrogen) atoms. The van der Waals surface area contributed by atoms with Crippen LogP contribution in [0.3, 0.4) is 0 Å². The lowest BCUT2D eigenvalue weighted by Gasteiger charge is -2.34. The van der Waals surface area contributed by atoms with Crippen LogP contribution in [0.15, 0.2) is 4.42 Å². The third-order valence-electron chi connectivity index (χ3n) is 6.44. The molecule has 1 aromatic heterocycles. The lowest BCUT2D eigenvalue weighted by atomic mass is 9.95. The maximum Gasteiger partial charge on any atom is 0.411 e. The Morgan fingerprint density at radius 1 is 1.19 bits per heavy atom. The number of piperidine rings is 1. The second-order valence-corrected chi connectivity index (χ2v) is 10.9. The van der Waals surface area contributed by atoms with Crippen molar-refractivity contribution >= 4 is 23.8 Å². The lowest BCUT2D eigenvalue weighted by molar-refractivity contribution is -0.134. The zero-order chi connectivity index (χ0) is 22.9. The van der Waals surface area contributed by atoms with Gasteiger partial charge in [0.05, 0.1) is 5.88 Å². The Morgan fingerprint density at radius 2 is 1.94 bits per heavy atom. The van der Waals surface area contributed by atoms with E-state index in [0.29, 0.717) is 24.7 Å². The van der Waals surface area contributed by atoms with Gasteiger partial charge in [0.2, 0.25) is 17.7 Å². The van der Waals surface area contributed by atoms with Gasteiger partial charge in [-0.1, -0.05) is 6.92 Å². The summed E-state index contributed by atoms with van der Waals surface area (Å²) in [6, 6.07) is -0.295. The highest BCUT2D eigenvalue weighted by atomic mass is 32.2. The van der Waals surface area contributed by atoms with Crippen LogP contribution >= 0.6 is 11.8 Å². The summed E-state index contributed by atoms with van der Waals surface area (Å²) in [7, 11) is 0. The number of amides is 2. The number of aryl methyl sites for hydroxylation is 1. The molecule has 178 valence electrons. The first kappa shape index (κ1) is 23.4. The molecule has 3 saturated heterocycles. The van der Waals surface area contributed by atoms with Crippen molar-refractivity contribution in [1.82, 2.24) is 24.9 Å². The van der Waals surface area contributed by atoms with Crippen LogP contribution in [-0.2, 0) is 16.0 Å². The van der Waals surface area contributed by atoms with E-state index >= 15 is 0 Å². The smallest absolute Gasteiger partial charge is 0.411 e. The maximum atomic E-state index is 13.2. The van der Waals surface area contributed by atoms with Crippen LogP contribution in [0.4, 0.5) is 4.79 Å². The number of likely N-dealkylation sites (tertiary alicyclic amines) is 2. The van der Waals surface area contributed by atoms with Crippen LogP contribution in [0.25, 0.3) is 0 Å². The van der Waals surface area contributed by atoms with E-state index in [1.54, 1.807) is 16.7 Å². The van der Waals surface area contributed by atoms with E-state index in [1.165, 1.54) is 0 Å². The number of hydrogen-bond donors (Lipinski definition) is 0. The number of ether oxygens (including phenoxy) is 1. The summed E-state index contributed by atoms with van der Waals surface area (Å²) in [5.41, 5.74) is -0.591. The van der Waals surface area contributed by atoms with Gasteiger partial charge in [-0.3, -0.25) is 14.6 Å². The SMILES string of the molecule is CCc1nnc(C2CCN([C@H]3C[C@@H](C(=O)N4CCSC4)N(C(=O)OC(C)(C)C)C3)CC2)o1. The van der Waals surface area contributed by atoms with Crippen molar-refractivity contribution in [1.29, 1.82) is 0 Å². The average Bonchev–Trinajstić information content (AvgIpc) is 3.52. The minimum absolute atomic E-state index is 0.0520. The molecule has 1 aromatic rings. The minimum atomic E-state index is -0.591. The van der Waals surface area contributed by atoms with Gasteiger partial charge in [0.1, 0.15) is 11.6 Å². The number of carbonyl (C=O) groups is 2. The monoisotopic (exact) mass is 465 g/mol. The summed E-state index contributed by atoms with van der Waals surface area (Å²) in [4.78, 5) is 32.2. The van der Waals surface area contributed by atoms with Gasteiger partial charge in [-0.05, 0) is 53.1 Å². The predicted molar refractivity (Wildman–Crippen MR) is 121 cm³/mol. The molecule has 3 aliphatic heterocycles. The molecule has 0 N–H and O–H groups in total. The van der Waals surface area contributed by atoms with E-state index in [1.807, 2.05) is 32.6 Å². The second-order valence-electron chi connectivity index (χ2n) is 9.87. The van der Waals surface area contributed by atoms with E-state index in [4.69, 9.17) is 9.15 Å². The molecule has 0 spiro atoms. The third kappa shape index (κ3) is 5.22. The normalized spacial score (nSPS) is 25.5. The zero-order valence-corrected chi connectivity index (χ0v) is 20.4. The molecule has 0 unspecified atom stereocenters. The summed E-state index contributed by atoms with van der Waals surface area (Å²) in [5.74, 6) is 3.42. The number of thioether (sulfide) groups is 1. The molecule has 0 bridgehead atoms. The number of aromatic nitrogens is 2. The van der Waals surface area contributed by atoms with Gasteiger partial charge in [-0.15, -0.1) is 22.0 Å². The molecule has 0 radical (unpaired) electrons. The van der Waals surface area contributed by atoms with E-state index < -0.39 is 17.7 Å². The standard InChI is InChI=1S/C22H35N5O4S/c1-5-18-23-24-19(30-18)15-6-8-25(9-7-15)16-12-17(20(28)26-10-11-32-14-26)27(13-16)21(29)31-22(2,3)4/h15-17H,5-14H2,1-4H3/t16-,17-/m0/s1. The van der Waals surface area contributed by atoms with E-state index in [2.05, 4.69) is 15.1 Å². The third-order valence-corrected chi connectivity index (χ3v) is 7.40. The fraction of sp³-hybridized carbons (Fsp3) is 0.818. The summed E-state index contributed by atoms with van der Waals surface area (Å²) < 4.78 is 11.4. The molecule has 2 atom stereocenters. The van der Waals surface area contributed by atoms with Crippen molar-refractivity contribution in [3.8, 4) is 0 Å². The van der Waals surface area contributed by atoms with E-state index in [9.17, 15) is 9.59 Å². The number of nitrogens with zero attached hydrogens (tertiary/aromatic N) is 5. The highest BCUT2D eigenvalue weighted by Gasteiger charge is 2.45. The molecule has 3 aliphatic rings.